The van der Waals surface area contributed by atoms with E-state index in [1.54, 1.807) is 23.5 Å². The number of carbonyl (C=O) groups is 2. The number of hydrogen-bond donors (Lipinski definition) is 0. The minimum Gasteiger partial charge on any atom is -0.337 e. The predicted molar refractivity (Wildman–Crippen MR) is 138 cm³/mol. The van der Waals surface area contributed by atoms with Gasteiger partial charge in [0.15, 0.2) is 0 Å². The van der Waals surface area contributed by atoms with Crippen molar-refractivity contribution in [2.45, 2.75) is 26.3 Å². The molecule has 0 atom stereocenters. The smallest absolute Gasteiger partial charge is 0.253 e. The number of thiophene rings is 1. The molecule has 35 heavy (non-hydrogen) atoms. The Morgan fingerprint density at radius 2 is 1.63 bits per heavy atom. The second-order valence-electron chi connectivity index (χ2n) is 8.88. The summed E-state index contributed by atoms with van der Waals surface area (Å²) in [4.78, 5) is 33.1. The number of rotatable bonds is 9. The van der Waals surface area contributed by atoms with Gasteiger partial charge in [-0.05, 0) is 53.3 Å². The molecule has 1 saturated heterocycles. The molecule has 0 bridgehead atoms. The Morgan fingerprint density at radius 1 is 0.943 bits per heavy atom. The summed E-state index contributed by atoms with van der Waals surface area (Å²) in [6.45, 7) is 6.80. The van der Waals surface area contributed by atoms with E-state index >= 15 is 0 Å². The highest BCUT2D eigenvalue weighted by molar-refractivity contribution is 7.10. The van der Waals surface area contributed by atoms with Crippen molar-refractivity contribution in [2.75, 3.05) is 39.3 Å². The van der Waals surface area contributed by atoms with Gasteiger partial charge in [-0.1, -0.05) is 37.3 Å². The van der Waals surface area contributed by atoms with Gasteiger partial charge in [0.05, 0.1) is 6.42 Å². The van der Waals surface area contributed by atoms with Gasteiger partial charge < -0.3 is 9.80 Å². The molecule has 5 nitrogen and oxygen atoms in total. The summed E-state index contributed by atoms with van der Waals surface area (Å²) < 4.78 is 13.3. The normalized spacial score (nSPS) is 14.2. The lowest BCUT2D eigenvalue weighted by molar-refractivity contribution is -0.131. The van der Waals surface area contributed by atoms with Crippen LogP contribution in [0.1, 0.15) is 33.3 Å². The summed E-state index contributed by atoms with van der Waals surface area (Å²) >= 11 is 1.58. The second-order valence-corrected chi connectivity index (χ2v) is 9.91. The molecule has 2 heterocycles. The molecule has 184 valence electrons. The van der Waals surface area contributed by atoms with Crippen LogP contribution in [0.5, 0.6) is 0 Å². The molecule has 1 aromatic heterocycles. The third-order valence-electron chi connectivity index (χ3n) is 6.50. The van der Waals surface area contributed by atoms with Crippen molar-refractivity contribution >= 4 is 23.2 Å². The van der Waals surface area contributed by atoms with Gasteiger partial charge in [-0.25, -0.2) is 4.39 Å². The number of nitrogens with zero attached hydrogens (tertiary/aromatic N) is 3. The molecule has 1 fully saturated rings. The summed E-state index contributed by atoms with van der Waals surface area (Å²) in [5, 5.41) is 1.98. The predicted octanol–water partition coefficient (Wildman–Crippen LogP) is 4.48. The van der Waals surface area contributed by atoms with Gasteiger partial charge in [0.25, 0.3) is 5.91 Å². The molecule has 1 aliphatic heterocycles. The lowest BCUT2D eigenvalue weighted by atomic mass is 10.1. The summed E-state index contributed by atoms with van der Waals surface area (Å²) in [5.41, 5.74) is 2.88. The number of hydrogen-bond acceptors (Lipinski definition) is 4. The SMILES string of the molecule is CCc1ccc(C(=O)N2CCN(CCN(Cc3ccc(F)cc3)C(=O)Cc3cccs3)CC2)cc1. The van der Waals surface area contributed by atoms with E-state index in [0.29, 0.717) is 32.6 Å². The molecule has 0 unspecified atom stereocenters. The first-order valence-corrected chi connectivity index (χ1v) is 13.0. The Labute approximate surface area is 210 Å². The average Bonchev–Trinajstić information content (AvgIpc) is 3.40. The maximum absolute atomic E-state index is 13.3. The fourth-order valence-corrected chi connectivity index (χ4v) is 4.97. The molecule has 0 aliphatic carbocycles. The number of carbonyl (C=O) groups excluding carboxylic acids is 2. The van der Waals surface area contributed by atoms with Crippen LogP contribution >= 0.6 is 11.3 Å². The number of amides is 2. The Kier molecular flexibility index (Phi) is 8.66. The maximum atomic E-state index is 13.3. The van der Waals surface area contributed by atoms with Crippen LogP contribution in [0.15, 0.2) is 66.0 Å². The number of halogens is 1. The lowest BCUT2D eigenvalue weighted by Gasteiger charge is -2.36. The standard InChI is InChI=1S/C28H32FN3O2S/c1-2-22-5-9-24(10-6-22)28(34)31-16-13-30(14-17-31)15-18-32(21-23-7-11-25(29)12-8-23)27(33)20-26-4-3-19-35-26/h3-12,19H,2,13-18,20-21H2,1H3. The molecule has 7 heteroatoms. The lowest BCUT2D eigenvalue weighted by Crippen LogP contribution is -2.50. The first kappa shape index (κ1) is 25.1. The van der Waals surface area contributed by atoms with Crippen LogP contribution in [0.3, 0.4) is 0 Å². The molecule has 2 amide bonds. The van der Waals surface area contributed by atoms with Gasteiger partial charge in [0, 0.05) is 56.3 Å². The van der Waals surface area contributed by atoms with E-state index in [2.05, 4.69) is 11.8 Å². The Balaban J connectivity index is 1.31. The third kappa shape index (κ3) is 6.99. The van der Waals surface area contributed by atoms with Crippen molar-refractivity contribution in [1.29, 1.82) is 0 Å². The molecular weight excluding hydrogens is 461 g/mol. The first-order valence-electron chi connectivity index (χ1n) is 12.2. The van der Waals surface area contributed by atoms with Crippen molar-refractivity contribution in [2.24, 2.45) is 0 Å². The van der Waals surface area contributed by atoms with Gasteiger partial charge >= 0.3 is 0 Å². The summed E-state index contributed by atoms with van der Waals surface area (Å²) in [6, 6.07) is 18.1. The molecule has 0 radical (unpaired) electrons. The van der Waals surface area contributed by atoms with E-state index in [0.717, 1.165) is 42.1 Å². The number of benzene rings is 2. The molecule has 2 aromatic carbocycles. The highest BCUT2D eigenvalue weighted by Gasteiger charge is 2.23. The van der Waals surface area contributed by atoms with E-state index in [-0.39, 0.29) is 17.6 Å². The number of piperazine rings is 1. The highest BCUT2D eigenvalue weighted by atomic mass is 32.1. The van der Waals surface area contributed by atoms with Crippen molar-refractivity contribution in [1.82, 2.24) is 14.7 Å². The molecule has 1 aliphatic rings. The van der Waals surface area contributed by atoms with E-state index in [1.165, 1.54) is 17.7 Å². The van der Waals surface area contributed by atoms with Crippen LogP contribution in [0.2, 0.25) is 0 Å². The van der Waals surface area contributed by atoms with Crippen molar-refractivity contribution < 1.29 is 14.0 Å². The minimum absolute atomic E-state index is 0.0705. The molecule has 0 N–H and O–H groups in total. The summed E-state index contributed by atoms with van der Waals surface area (Å²) in [6.07, 6.45) is 1.33. The van der Waals surface area contributed by atoms with Gasteiger partial charge in [-0.15, -0.1) is 11.3 Å². The van der Waals surface area contributed by atoms with Gasteiger partial charge in [-0.3, -0.25) is 14.5 Å². The number of aryl methyl sites for hydroxylation is 1. The Morgan fingerprint density at radius 3 is 2.26 bits per heavy atom. The van der Waals surface area contributed by atoms with E-state index < -0.39 is 0 Å². The van der Waals surface area contributed by atoms with Crippen LogP contribution in [-0.4, -0.2) is 65.8 Å². The van der Waals surface area contributed by atoms with Crippen LogP contribution < -0.4 is 0 Å². The average molecular weight is 494 g/mol. The van der Waals surface area contributed by atoms with Crippen LogP contribution in [0.25, 0.3) is 0 Å². The fraction of sp³-hybridized carbons (Fsp3) is 0.357. The van der Waals surface area contributed by atoms with Crippen LogP contribution in [-0.2, 0) is 24.2 Å². The van der Waals surface area contributed by atoms with Gasteiger partial charge in [0.2, 0.25) is 5.91 Å². The Bertz CT molecular complexity index is 1090. The minimum atomic E-state index is -0.279. The largest absolute Gasteiger partial charge is 0.337 e. The highest BCUT2D eigenvalue weighted by Crippen LogP contribution is 2.15. The summed E-state index contributed by atoms with van der Waals surface area (Å²) in [5.74, 6) is -0.128. The van der Waals surface area contributed by atoms with Crippen LogP contribution in [0, 0.1) is 5.82 Å². The van der Waals surface area contributed by atoms with Crippen molar-refractivity contribution in [3.05, 3.63) is 93.4 Å². The Hall–Kier alpha value is -3.03. The van der Waals surface area contributed by atoms with E-state index in [4.69, 9.17) is 0 Å². The molecule has 3 aromatic rings. The monoisotopic (exact) mass is 493 g/mol. The zero-order valence-electron chi connectivity index (χ0n) is 20.2. The van der Waals surface area contributed by atoms with Crippen LogP contribution in [0.4, 0.5) is 4.39 Å². The van der Waals surface area contributed by atoms with Gasteiger partial charge in [0.1, 0.15) is 5.82 Å². The summed E-state index contributed by atoms with van der Waals surface area (Å²) in [7, 11) is 0. The molecular formula is C28H32FN3O2S. The van der Waals surface area contributed by atoms with Gasteiger partial charge in [-0.2, -0.15) is 0 Å². The second kappa shape index (κ2) is 12.1. The van der Waals surface area contributed by atoms with E-state index in [1.807, 2.05) is 51.6 Å². The third-order valence-corrected chi connectivity index (χ3v) is 7.38. The first-order chi connectivity index (χ1) is 17.0. The molecule has 0 spiro atoms. The van der Waals surface area contributed by atoms with Crippen molar-refractivity contribution in [3.8, 4) is 0 Å². The molecule has 4 rings (SSSR count). The maximum Gasteiger partial charge on any atom is 0.253 e. The zero-order valence-corrected chi connectivity index (χ0v) is 21.0. The van der Waals surface area contributed by atoms with Crippen molar-refractivity contribution in [3.63, 3.8) is 0 Å². The quantitative estimate of drug-likeness (QED) is 0.442. The van der Waals surface area contributed by atoms with E-state index in [9.17, 15) is 14.0 Å². The fourth-order valence-electron chi connectivity index (χ4n) is 4.28. The molecule has 0 saturated carbocycles. The topological polar surface area (TPSA) is 43.9 Å². The zero-order chi connectivity index (χ0) is 24.6.